The molecule has 1 atom stereocenters. The standard InChI is InChI=1S/C15H26N2/c1-3-4-5-6-7-11-14-16-13-10-8-9-12(2)15(13)17-14/h12H,3-11H2,1-2H3,(H,16,17). The predicted molar refractivity (Wildman–Crippen MR) is 72.4 cm³/mol. The van der Waals surface area contributed by atoms with Crippen molar-refractivity contribution in [3.63, 3.8) is 0 Å². The van der Waals surface area contributed by atoms with E-state index in [1.165, 1.54) is 68.6 Å². The van der Waals surface area contributed by atoms with Crippen LogP contribution >= 0.6 is 0 Å². The number of aromatic nitrogens is 2. The lowest BCUT2D eigenvalue weighted by Gasteiger charge is -2.15. The summed E-state index contributed by atoms with van der Waals surface area (Å²) in [5.74, 6) is 1.91. The van der Waals surface area contributed by atoms with Gasteiger partial charge in [0, 0.05) is 18.0 Å². The average Bonchev–Trinajstić information content (AvgIpc) is 2.73. The fourth-order valence-corrected chi connectivity index (χ4v) is 2.81. The molecule has 2 heteroatoms. The van der Waals surface area contributed by atoms with E-state index < -0.39 is 0 Å². The number of aromatic amines is 1. The maximum Gasteiger partial charge on any atom is 0.106 e. The quantitative estimate of drug-likeness (QED) is 0.728. The van der Waals surface area contributed by atoms with Crippen LogP contribution in [0.15, 0.2) is 0 Å². The fraction of sp³-hybridized carbons (Fsp3) is 0.800. The minimum Gasteiger partial charge on any atom is -0.346 e. The lowest BCUT2D eigenvalue weighted by Crippen LogP contribution is -2.05. The number of fused-ring (bicyclic) bond motifs is 1. The SMILES string of the molecule is CCCCCCCc1nc2c([nH]1)CCCC2C. The molecule has 1 aliphatic carbocycles. The van der Waals surface area contributed by atoms with Gasteiger partial charge in [0.05, 0.1) is 5.69 Å². The van der Waals surface area contributed by atoms with Crippen LogP contribution in [0.4, 0.5) is 0 Å². The first-order valence-corrected chi connectivity index (χ1v) is 7.39. The summed E-state index contributed by atoms with van der Waals surface area (Å²) in [6, 6.07) is 0. The van der Waals surface area contributed by atoms with Crippen molar-refractivity contribution in [3.05, 3.63) is 17.2 Å². The van der Waals surface area contributed by atoms with Gasteiger partial charge in [-0.25, -0.2) is 4.98 Å². The van der Waals surface area contributed by atoms with Crippen LogP contribution in [-0.4, -0.2) is 9.97 Å². The maximum absolute atomic E-state index is 4.79. The van der Waals surface area contributed by atoms with Crippen LogP contribution in [0.3, 0.4) is 0 Å². The molecule has 1 aromatic heterocycles. The molecule has 1 heterocycles. The van der Waals surface area contributed by atoms with E-state index in [-0.39, 0.29) is 0 Å². The molecular formula is C15H26N2. The zero-order chi connectivity index (χ0) is 12.1. The molecule has 1 N–H and O–H groups in total. The van der Waals surface area contributed by atoms with Crippen molar-refractivity contribution in [2.75, 3.05) is 0 Å². The Bertz CT molecular complexity index is 341. The Morgan fingerprint density at radius 2 is 2.06 bits per heavy atom. The van der Waals surface area contributed by atoms with E-state index in [9.17, 15) is 0 Å². The Morgan fingerprint density at radius 1 is 1.24 bits per heavy atom. The Kier molecular flexibility index (Phi) is 4.64. The number of H-pyrrole nitrogens is 1. The van der Waals surface area contributed by atoms with E-state index in [1.807, 2.05) is 0 Å². The molecule has 0 spiro atoms. The van der Waals surface area contributed by atoms with E-state index in [0.717, 1.165) is 6.42 Å². The summed E-state index contributed by atoms with van der Waals surface area (Å²) in [6.45, 7) is 4.58. The molecule has 1 aliphatic rings. The topological polar surface area (TPSA) is 28.7 Å². The number of unbranched alkanes of at least 4 members (excludes halogenated alkanes) is 4. The normalized spacial score (nSPS) is 19.3. The Morgan fingerprint density at radius 3 is 2.82 bits per heavy atom. The Labute approximate surface area is 105 Å². The van der Waals surface area contributed by atoms with Crippen LogP contribution < -0.4 is 0 Å². The summed E-state index contributed by atoms with van der Waals surface area (Å²) >= 11 is 0. The Hall–Kier alpha value is -0.790. The molecule has 0 radical (unpaired) electrons. The van der Waals surface area contributed by atoms with Crippen molar-refractivity contribution < 1.29 is 0 Å². The molecule has 0 aromatic carbocycles. The number of nitrogens with one attached hydrogen (secondary N) is 1. The highest BCUT2D eigenvalue weighted by Crippen LogP contribution is 2.29. The van der Waals surface area contributed by atoms with Crippen LogP contribution in [-0.2, 0) is 12.8 Å². The summed E-state index contributed by atoms with van der Waals surface area (Å²) < 4.78 is 0. The molecule has 0 bridgehead atoms. The monoisotopic (exact) mass is 234 g/mol. The second-order valence-electron chi connectivity index (χ2n) is 5.50. The van der Waals surface area contributed by atoms with Gasteiger partial charge in [-0.15, -0.1) is 0 Å². The summed E-state index contributed by atoms with van der Waals surface area (Å²) in [4.78, 5) is 8.34. The van der Waals surface area contributed by atoms with Gasteiger partial charge >= 0.3 is 0 Å². The highest BCUT2D eigenvalue weighted by molar-refractivity contribution is 5.21. The molecular weight excluding hydrogens is 208 g/mol. The van der Waals surface area contributed by atoms with Crippen LogP contribution in [0.2, 0.25) is 0 Å². The van der Waals surface area contributed by atoms with Gasteiger partial charge in [-0.2, -0.15) is 0 Å². The molecule has 0 saturated heterocycles. The van der Waals surface area contributed by atoms with Crippen LogP contribution in [0.1, 0.15) is 81.9 Å². The van der Waals surface area contributed by atoms with Gasteiger partial charge in [0.15, 0.2) is 0 Å². The van der Waals surface area contributed by atoms with E-state index >= 15 is 0 Å². The van der Waals surface area contributed by atoms with E-state index in [1.54, 1.807) is 0 Å². The predicted octanol–water partition coefficient (Wildman–Crippen LogP) is 4.36. The second-order valence-corrected chi connectivity index (χ2v) is 5.50. The van der Waals surface area contributed by atoms with Gasteiger partial charge in [0.1, 0.15) is 5.82 Å². The first-order chi connectivity index (χ1) is 8.31. The fourth-order valence-electron chi connectivity index (χ4n) is 2.81. The average molecular weight is 234 g/mol. The number of aryl methyl sites for hydroxylation is 2. The van der Waals surface area contributed by atoms with Gasteiger partial charge in [0.25, 0.3) is 0 Å². The summed E-state index contributed by atoms with van der Waals surface area (Å²) in [6.07, 6.45) is 11.7. The van der Waals surface area contributed by atoms with Crippen molar-refractivity contribution in [2.24, 2.45) is 0 Å². The van der Waals surface area contributed by atoms with E-state index in [2.05, 4.69) is 18.8 Å². The molecule has 0 fully saturated rings. The summed E-state index contributed by atoms with van der Waals surface area (Å²) in [5.41, 5.74) is 2.78. The van der Waals surface area contributed by atoms with E-state index in [0.29, 0.717) is 5.92 Å². The molecule has 2 nitrogen and oxygen atoms in total. The maximum atomic E-state index is 4.79. The van der Waals surface area contributed by atoms with Crippen molar-refractivity contribution >= 4 is 0 Å². The van der Waals surface area contributed by atoms with Crippen molar-refractivity contribution in [2.45, 2.75) is 77.6 Å². The van der Waals surface area contributed by atoms with Gasteiger partial charge < -0.3 is 4.98 Å². The molecule has 17 heavy (non-hydrogen) atoms. The van der Waals surface area contributed by atoms with Gasteiger partial charge in [-0.05, 0) is 25.7 Å². The zero-order valence-electron chi connectivity index (χ0n) is 11.4. The smallest absolute Gasteiger partial charge is 0.106 e. The number of hydrogen-bond donors (Lipinski definition) is 1. The molecule has 1 unspecified atom stereocenters. The lowest BCUT2D eigenvalue weighted by atomic mass is 9.92. The molecule has 2 rings (SSSR count). The third-order valence-corrected chi connectivity index (χ3v) is 3.91. The number of nitrogens with zero attached hydrogens (tertiary/aromatic N) is 1. The first kappa shape index (κ1) is 12.7. The minimum absolute atomic E-state index is 0.670. The van der Waals surface area contributed by atoms with Gasteiger partial charge in [0.2, 0.25) is 0 Å². The number of rotatable bonds is 6. The molecule has 0 saturated carbocycles. The number of imidazole rings is 1. The summed E-state index contributed by atoms with van der Waals surface area (Å²) in [7, 11) is 0. The minimum atomic E-state index is 0.670. The van der Waals surface area contributed by atoms with Crippen molar-refractivity contribution in [1.82, 2.24) is 9.97 Å². The molecule has 1 aromatic rings. The molecule has 0 amide bonds. The van der Waals surface area contributed by atoms with Crippen molar-refractivity contribution in [1.29, 1.82) is 0 Å². The van der Waals surface area contributed by atoms with Gasteiger partial charge in [-0.1, -0.05) is 39.5 Å². The van der Waals surface area contributed by atoms with Crippen LogP contribution in [0.5, 0.6) is 0 Å². The van der Waals surface area contributed by atoms with Crippen LogP contribution in [0.25, 0.3) is 0 Å². The van der Waals surface area contributed by atoms with Crippen molar-refractivity contribution in [3.8, 4) is 0 Å². The second kappa shape index (κ2) is 6.23. The lowest BCUT2D eigenvalue weighted by molar-refractivity contribution is 0.574. The van der Waals surface area contributed by atoms with Gasteiger partial charge in [-0.3, -0.25) is 0 Å². The Balaban J connectivity index is 1.81. The number of hydrogen-bond acceptors (Lipinski definition) is 1. The molecule has 0 aliphatic heterocycles. The third-order valence-electron chi connectivity index (χ3n) is 3.91. The highest BCUT2D eigenvalue weighted by Gasteiger charge is 2.20. The van der Waals surface area contributed by atoms with E-state index in [4.69, 9.17) is 4.98 Å². The summed E-state index contributed by atoms with van der Waals surface area (Å²) in [5, 5.41) is 0. The zero-order valence-corrected chi connectivity index (χ0v) is 11.4. The highest BCUT2D eigenvalue weighted by atomic mass is 14.9. The van der Waals surface area contributed by atoms with Crippen LogP contribution in [0, 0.1) is 0 Å². The largest absolute Gasteiger partial charge is 0.346 e. The third kappa shape index (κ3) is 3.34. The molecule has 96 valence electrons. The first-order valence-electron chi connectivity index (χ1n) is 7.39.